The summed E-state index contributed by atoms with van der Waals surface area (Å²) in [6.45, 7) is 4.35. The van der Waals surface area contributed by atoms with Gasteiger partial charge in [0, 0.05) is 5.75 Å². The second-order valence-corrected chi connectivity index (χ2v) is 4.20. The van der Waals surface area contributed by atoms with Crippen LogP contribution >= 0.6 is 23.4 Å². The average Bonchev–Trinajstić information content (AvgIpc) is 2.14. The summed E-state index contributed by atoms with van der Waals surface area (Å²) in [5, 5.41) is 4.77. The average molecular weight is 165 g/mol. The Kier molecular flexibility index (Phi) is 2.68. The van der Waals surface area contributed by atoms with Crippen molar-refractivity contribution in [1.82, 2.24) is 5.32 Å². The third kappa shape index (κ3) is 2.03. The minimum Gasteiger partial charge on any atom is -0.207 e. The van der Waals surface area contributed by atoms with Crippen LogP contribution in [-0.4, -0.2) is 16.6 Å². The second-order valence-electron chi connectivity index (χ2n) is 2.55. The van der Waals surface area contributed by atoms with Crippen LogP contribution in [0.15, 0.2) is 0 Å². The van der Waals surface area contributed by atoms with E-state index in [0.29, 0.717) is 11.3 Å². The van der Waals surface area contributed by atoms with Crippen LogP contribution in [0.2, 0.25) is 0 Å². The Morgan fingerprint density at radius 1 is 1.67 bits per heavy atom. The summed E-state index contributed by atoms with van der Waals surface area (Å²) in [5.41, 5.74) is 0.0717. The van der Waals surface area contributed by atoms with Crippen molar-refractivity contribution in [1.29, 1.82) is 0 Å². The molecule has 2 atom stereocenters. The molecule has 0 aromatic heterocycles. The van der Waals surface area contributed by atoms with Gasteiger partial charge in [0.05, 0.1) is 5.37 Å². The van der Waals surface area contributed by atoms with Crippen molar-refractivity contribution >= 4 is 23.4 Å². The van der Waals surface area contributed by atoms with Crippen molar-refractivity contribution in [2.75, 3.05) is 5.75 Å². The molecule has 1 fully saturated rings. The summed E-state index contributed by atoms with van der Waals surface area (Å²) in [6, 6.07) is 0. The number of rotatable bonds is 1. The van der Waals surface area contributed by atoms with E-state index >= 15 is 0 Å². The minimum atomic E-state index is 0.0717. The number of halogens is 1. The van der Waals surface area contributed by atoms with Gasteiger partial charge in [0.2, 0.25) is 0 Å². The van der Waals surface area contributed by atoms with Gasteiger partial charge in [-0.05, 0) is 5.92 Å². The van der Waals surface area contributed by atoms with E-state index in [9.17, 15) is 0 Å². The lowest BCUT2D eigenvalue weighted by Crippen LogP contribution is -2.21. The highest BCUT2D eigenvalue weighted by Crippen LogP contribution is 2.27. The van der Waals surface area contributed by atoms with Crippen molar-refractivity contribution in [3.05, 3.63) is 0 Å². The van der Waals surface area contributed by atoms with Crippen LogP contribution in [0.25, 0.3) is 0 Å². The van der Waals surface area contributed by atoms with Gasteiger partial charge in [-0.25, -0.2) is 5.32 Å². The summed E-state index contributed by atoms with van der Waals surface area (Å²) in [7, 11) is 0. The molecule has 1 aliphatic rings. The van der Waals surface area contributed by atoms with Gasteiger partial charge < -0.3 is 0 Å². The lowest BCUT2D eigenvalue weighted by atomic mass is 10.2. The Morgan fingerprint density at radius 2 is 2.33 bits per heavy atom. The van der Waals surface area contributed by atoms with Crippen LogP contribution in [0, 0.1) is 5.92 Å². The summed E-state index contributed by atoms with van der Waals surface area (Å²) in [5.74, 6) is 1.63. The maximum absolute atomic E-state index is 5.76. The predicted octanol–water partition coefficient (Wildman–Crippen LogP) is 1.88. The SMILES string of the molecule is CC(C)C1[N]C(Cl)CS1. The molecule has 1 heterocycles. The molecule has 0 amide bonds. The van der Waals surface area contributed by atoms with Gasteiger partial charge in [-0.2, -0.15) is 0 Å². The highest BCUT2D eigenvalue weighted by Gasteiger charge is 2.25. The molecule has 1 aliphatic heterocycles. The quantitative estimate of drug-likeness (QED) is 0.427. The molecule has 0 aliphatic carbocycles. The summed E-state index contributed by atoms with van der Waals surface area (Å²) < 4.78 is 0. The molecule has 0 N–H and O–H groups in total. The van der Waals surface area contributed by atoms with E-state index in [-0.39, 0.29) is 5.50 Å². The highest BCUT2D eigenvalue weighted by atomic mass is 35.5. The number of alkyl halides is 1. The first-order valence-electron chi connectivity index (χ1n) is 3.16. The maximum Gasteiger partial charge on any atom is 0.109 e. The van der Waals surface area contributed by atoms with Crippen molar-refractivity contribution in [3.8, 4) is 0 Å². The lowest BCUT2D eigenvalue weighted by Gasteiger charge is -2.10. The van der Waals surface area contributed by atoms with Gasteiger partial charge in [0.1, 0.15) is 5.50 Å². The Hall–Kier alpha value is 0.600. The van der Waals surface area contributed by atoms with Crippen LogP contribution in [-0.2, 0) is 0 Å². The summed E-state index contributed by atoms with van der Waals surface area (Å²) in [6.07, 6.45) is 0. The Bertz CT molecular complexity index is 97.1. The van der Waals surface area contributed by atoms with E-state index in [1.807, 2.05) is 11.8 Å². The van der Waals surface area contributed by atoms with Gasteiger partial charge in [0.15, 0.2) is 0 Å². The molecule has 0 aromatic rings. The van der Waals surface area contributed by atoms with Gasteiger partial charge in [-0.1, -0.05) is 13.8 Å². The molecule has 53 valence electrons. The summed E-state index contributed by atoms with van der Waals surface area (Å²) >= 11 is 7.62. The van der Waals surface area contributed by atoms with Gasteiger partial charge in [0.25, 0.3) is 0 Å². The van der Waals surface area contributed by atoms with Gasteiger partial charge in [-0.3, -0.25) is 0 Å². The van der Waals surface area contributed by atoms with Crippen LogP contribution in [0.4, 0.5) is 0 Å². The largest absolute Gasteiger partial charge is 0.207 e. The smallest absolute Gasteiger partial charge is 0.109 e. The normalized spacial score (nSPS) is 36.0. The second kappa shape index (κ2) is 3.13. The van der Waals surface area contributed by atoms with E-state index in [1.165, 1.54) is 0 Å². The fraction of sp³-hybridized carbons (Fsp3) is 1.00. The van der Waals surface area contributed by atoms with Crippen LogP contribution in [0.3, 0.4) is 0 Å². The fourth-order valence-corrected chi connectivity index (χ4v) is 2.25. The van der Waals surface area contributed by atoms with E-state index in [0.717, 1.165) is 5.75 Å². The Morgan fingerprint density at radius 3 is 2.56 bits per heavy atom. The molecule has 3 heteroatoms. The first-order chi connectivity index (χ1) is 4.20. The van der Waals surface area contributed by atoms with Crippen LogP contribution in [0.1, 0.15) is 13.8 Å². The van der Waals surface area contributed by atoms with Crippen molar-refractivity contribution in [2.45, 2.75) is 24.7 Å². The molecular formula is C6H11ClNS. The van der Waals surface area contributed by atoms with E-state index < -0.39 is 0 Å². The number of hydrogen-bond donors (Lipinski definition) is 0. The lowest BCUT2D eigenvalue weighted by molar-refractivity contribution is 0.522. The fourth-order valence-electron chi connectivity index (χ4n) is 0.788. The Balaban J connectivity index is 2.30. The van der Waals surface area contributed by atoms with Gasteiger partial charge in [-0.15, -0.1) is 23.4 Å². The highest BCUT2D eigenvalue weighted by molar-refractivity contribution is 8.00. The Labute approximate surface area is 65.5 Å². The predicted molar refractivity (Wildman–Crippen MR) is 42.9 cm³/mol. The van der Waals surface area contributed by atoms with Crippen molar-refractivity contribution < 1.29 is 0 Å². The topological polar surface area (TPSA) is 14.1 Å². The zero-order valence-electron chi connectivity index (χ0n) is 5.67. The van der Waals surface area contributed by atoms with E-state index in [1.54, 1.807) is 0 Å². The van der Waals surface area contributed by atoms with Crippen LogP contribution in [0.5, 0.6) is 0 Å². The van der Waals surface area contributed by atoms with Crippen LogP contribution < -0.4 is 5.32 Å². The molecule has 1 nitrogen and oxygen atoms in total. The molecule has 0 spiro atoms. The molecule has 0 aromatic carbocycles. The molecule has 1 saturated heterocycles. The molecule has 0 bridgehead atoms. The molecular weight excluding hydrogens is 154 g/mol. The minimum absolute atomic E-state index is 0.0717. The monoisotopic (exact) mass is 164 g/mol. The zero-order valence-corrected chi connectivity index (χ0v) is 7.25. The third-order valence-corrected chi connectivity index (χ3v) is 3.25. The third-order valence-electron chi connectivity index (χ3n) is 1.28. The molecule has 2 unspecified atom stereocenters. The molecule has 0 saturated carbocycles. The molecule has 9 heavy (non-hydrogen) atoms. The van der Waals surface area contributed by atoms with Gasteiger partial charge >= 0.3 is 0 Å². The molecule has 1 rings (SSSR count). The summed E-state index contributed by atoms with van der Waals surface area (Å²) in [4.78, 5) is 0. The first kappa shape index (κ1) is 7.70. The van der Waals surface area contributed by atoms with E-state index in [2.05, 4.69) is 19.2 Å². The number of nitrogens with zero attached hydrogens (tertiary/aromatic N) is 1. The standard InChI is InChI=1S/C6H11ClNS/c1-4(2)6-8-5(7)3-9-6/h4-6H,3H2,1-2H3. The first-order valence-corrected chi connectivity index (χ1v) is 4.64. The maximum atomic E-state index is 5.76. The number of thioether (sulfide) groups is 1. The van der Waals surface area contributed by atoms with Crippen molar-refractivity contribution in [2.24, 2.45) is 5.92 Å². The van der Waals surface area contributed by atoms with E-state index in [4.69, 9.17) is 11.6 Å². The van der Waals surface area contributed by atoms with Crippen molar-refractivity contribution in [3.63, 3.8) is 0 Å². The number of hydrogen-bond acceptors (Lipinski definition) is 1. The zero-order chi connectivity index (χ0) is 6.85. The molecule has 1 radical (unpaired) electrons.